The van der Waals surface area contributed by atoms with E-state index in [1.165, 1.54) is 25.7 Å². The van der Waals surface area contributed by atoms with E-state index >= 15 is 0 Å². The van der Waals surface area contributed by atoms with Crippen LogP contribution in [0.15, 0.2) is 0 Å². The second kappa shape index (κ2) is 2.10. The summed E-state index contributed by atoms with van der Waals surface area (Å²) in [4.78, 5) is 11.3. The van der Waals surface area contributed by atoms with E-state index in [0.717, 1.165) is 11.8 Å². The Morgan fingerprint density at radius 1 is 1.38 bits per heavy atom. The molecule has 0 unspecified atom stereocenters. The summed E-state index contributed by atoms with van der Waals surface area (Å²) in [6.45, 7) is 1.99. The van der Waals surface area contributed by atoms with Gasteiger partial charge in [0.25, 0.3) is 0 Å². The number of aliphatic carboxylic acids is 1. The van der Waals surface area contributed by atoms with Gasteiger partial charge in [0.2, 0.25) is 0 Å². The average Bonchev–Trinajstić information content (AvgIpc) is 2.61. The normalized spacial score (nSPS) is 57.3. The van der Waals surface area contributed by atoms with Crippen LogP contribution in [-0.2, 0) is 4.79 Å². The van der Waals surface area contributed by atoms with Crippen LogP contribution >= 0.6 is 0 Å². The summed E-state index contributed by atoms with van der Waals surface area (Å²) in [5.74, 6) is 2.13. The third-order valence-electron chi connectivity index (χ3n) is 5.19. The zero-order valence-corrected chi connectivity index (χ0v) is 7.99. The Morgan fingerprint density at radius 3 is 2.85 bits per heavy atom. The van der Waals surface area contributed by atoms with Crippen molar-refractivity contribution in [3.8, 4) is 0 Å². The van der Waals surface area contributed by atoms with Crippen molar-refractivity contribution in [2.45, 2.75) is 32.6 Å². The minimum atomic E-state index is -0.537. The molecule has 1 N–H and O–H groups in total. The molecular formula is C11H16O2. The van der Waals surface area contributed by atoms with E-state index in [1.807, 2.05) is 6.92 Å². The molecule has 2 heteroatoms. The van der Waals surface area contributed by atoms with Crippen LogP contribution in [0.4, 0.5) is 0 Å². The second-order valence-corrected chi connectivity index (χ2v) is 5.36. The third kappa shape index (κ3) is 0.695. The molecule has 0 amide bonds. The van der Waals surface area contributed by atoms with Gasteiger partial charge in [-0.2, -0.15) is 0 Å². The van der Waals surface area contributed by atoms with E-state index in [1.54, 1.807) is 0 Å². The van der Waals surface area contributed by atoms with E-state index in [0.29, 0.717) is 11.8 Å². The summed E-state index contributed by atoms with van der Waals surface area (Å²) in [5, 5.41) is 9.31. The van der Waals surface area contributed by atoms with Crippen molar-refractivity contribution in [1.82, 2.24) is 0 Å². The molecule has 13 heavy (non-hydrogen) atoms. The van der Waals surface area contributed by atoms with Crippen LogP contribution in [0.1, 0.15) is 32.6 Å². The number of carboxylic acid groups (broad SMARTS) is 1. The summed E-state index contributed by atoms with van der Waals surface area (Å²) in [7, 11) is 0. The van der Waals surface area contributed by atoms with Crippen LogP contribution in [0.3, 0.4) is 0 Å². The maximum Gasteiger partial charge on any atom is 0.309 e. The molecule has 5 atom stereocenters. The largest absolute Gasteiger partial charge is 0.481 e. The van der Waals surface area contributed by atoms with Gasteiger partial charge < -0.3 is 5.11 Å². The number of carbonyl (C=O) groups is 1. The van der Waals surface area contributed by atoms with Gasteiger partial charge in [-0.15, -0.1) is 0 Å². The number of fused-ring (bicyclic) bond motifs is 1. The molecule has 0 heterocycles. The molecule has 72 valence electrons. The number of hydrogen-bond donors (Lipinski definition) is 1. The lowest BCUT2D eigenvalue weighted by molar-refractivity contribution is -0.154. The third-order valence-corrected chi connectivity index (χ3v) is 5.19. The Balaban J connectivity index is 2.04. The molecule has 0 aromatic carbocycles. The van der Waals surface area contributed by atoms with E-state index < -0.39 is 5.97 Å². The van der Waals surface area contributed by atoms with Gasteiger partial charge in [-0.25, -0.2) is 0 Å². The van der Waals surface area contributed by atoms with Crippen molar-refractivity contribution in [1.29, 1.82) is 0 Å². The lowest BCUT2D eigenvalue weighted by Crippen LogP contribution is -2.39. The van der Waals surface area contributed by atoms with Gasteiger partial charge in [-0.1, -0.05) is 0 Å². The van der Waals surface area contributed by atoms with Crippen molar-refractivity contribution in [3.63, 3.8) is 0 Å². The Labute approximate surface area is 78.3 Å². The highest BCUT2D eigenvalue weighted by Gasteiger charge is 2.64. The molecular weight excluding hydrogens is 164 g/mol. The lowest BCUT2D eigenvalue weighted by atomic mass is 9.68. The topological polar surface area (TPSA) is 37.3 Å². The number of hydrogen-bond acceptors (Lipinski definition) is 1. The lowest BCUT2D eigenvalue weighted by Gasteiger charge is -2.35. The zero-order valence-electron chi connectivity index (χ0n) is 7.99. The fourth-order valence-electron chi connectivity index (χ4n) is 4.46. The van der Waals surface area contributed by atoms with Gasteiger partial charge in [0, 0.05) is 0 Å². The van der Waals surface area contributed by atoms with Crippen molar-refractivity contribution >= 4 is 5.97 Å². The number of rotatable bonds is 1. The fourth-order valence-corrected chi connectivity index (χ4v) is 4.46. The predicted molar refractivity (Wildman–Crippen MR) is 48.2 cm³/mol. The first-order chi connectivity index (χ1) is 6.14. The number of carboxylic acids is 1. The van der Waals surface area contributed by atoms with Gasteiger partial charge in [-0.05, 0) is 56.3 Å². The van der Waals surface area contributed by atoms with Crippen LogP contribution in [0.2, 0.25) is 0 Å². The molecule has 2 nitrogen and oxygen atoms in total. The summed E-state index contributed by atoms with van der Waals surface area (Å²) >= 11 is 0. The van der Waals surface area contributed by atoms with Crippen molar-refractivity contribution < 1.29 is 9.90 Å². The average molecular weight is 180 g/mol. The van der Waals surface area contributed by atoms with E-state index in [2.05, 4.69) is 0 Å². The van der Waals surface area contributed by atoms with E-state index in [9.17, 15) is 9.90 Å². The van der Waals surface area contributed by atoms with Crippen LogP contribution in [-0.4, -0.2) is 11.1 Å². The minimum absolute atomic E-state index is 0.363. The standard InChI is InChI=1S/C11H16O2/c1-11(10(12)13)7-4-6-2-3-9(11)8(6)5-7/h6-9H,2-5H2,1H3,(H,12,13)/t6-,7+,8+,9-,11-/m1/s1. The highest BCUT2D eigenvalue weighted by molar-refractivity contribution is 5.76. The van der Waals surface area contributed by atoms with Gasteiger partial charge >= 0.3 is 5.97 Å². The summed E-state index contributed by atoms with van der Waals surface area (Å²) in [5.41, 5.74) is -0.363. The molecule has 2 bridgehead atoms. The predicted octanol–water partition coefficient (Wildman–Crippen LogP) is 2.14. The van der Waals surface area contributed by atoms with Gasteiger partial charge in [-0.3, -0.25) is 4.79 Å². The van der Waals surface area contributed by atoms with E-state index in [4.69, 9.17) is 0 Å². The maximum atomic E-state index is 11.3. The van der Waals surface area contributed by atoms with Gasteiger partial charge in [0.15, 0.2) is 0 Å². The van der Waals surface area contributed by atoms with Gasteiger partial charge in [0.05, 0.1) is 5.41 Å². The molecule has 0 aromatic rings. The van der Waals surface area contributed by atoms with Crippen molar-refractivity contribution in [3.05, 3.63) is 0 Å². The molecule has 0 spiro atoms. The molecule has 3 saturated carbocycles. The van der Waals surface area contributed by atoms with Crippen molar-refractivity contribution in [2.75, 3.05) is 0 Å². The summed E-state index contributed by atoms with van der Waals surface area (Å²) in [6, 6.07) is 0. The Hall–Kier alpha value is -0.530. The first kappa shape index (κ1) is 7.84. The maximum absolute atomic E-state index is 11.3. The van der Waals surface area contributed by atoms with Gasteiger partial charge in [0.1, 0.15) is 0 Å². The quantitative estimate of drug-likeness (QED) is 0.671. The van der Waals surface area contributed by atoms with Crippen LogP contribution in [0.5, 0.6) is 0 Å². The molecule has 3 aliphatic carbocycles. The molecule has 3 rings (SSSR count). The van der Waals surface area contributed by atoms with Crippen LogP contribution in [0, 0.1) is 29.1 Å². The molecule has 3 aliphatic rings. The highest BCUT2D eigenvalue weighted by atomic mass is 16.4. The molecule has 0 aromatic heterocycles. The smallest absolute Gasteiger partial charge is 0.309 e. The summed E-state index contributed by atoms with van der Waals surface area (Å²) < 4.78 is 0. The molecule has 0 saturated heterocycles. The van der Waals surface area contributed by atoms with Crippen LogP contribution < -0.4 is 0 Å². The Bertz CT molecular complexity index is 271. The monoisotopic (exact) mass is 180 g/mol. The molecule has 0 aliphatic heterocycles. The van der Waals surface area contributed by atoms with Crippen LogP contribution in [0.25, 0.3) is 0 Å². The van der Waals surface area contributed by atoms with E-state index in [-0.39, 0.29) is 5.41 Å². The minimum Gasteiger partial charge on any atom is -0.481 e. The fraction of sp³-hybridized carbons (Fsp3) is 0.909. The Morgan fingerprint density at radius 2 is 2.15 bits per heavy atom. The molecule has 3 fully saturated rings. The summed E-state index contributed by atoms with van der Waals surface area (Å²) in [6.07, 6.45) is 4.88. The highest BCUT2D eigenvalue weighted by Crippen LogP contribution is 2.67. The zero-order chi connectivity index (χ0) is 9.22. The Kier molecular flexibility index (Phi) is 1.27. The SMILES string of the molecule is C[C@@]1(C(=O)O)[C@H]2C[C@H]3CC[C@@H]1[C@H]3C2. The second-order valence-electron chi connectivity index (χ2n) is 5.36. The first-order valence-corrected chi connectivity index (χ1v) is 5.37. The first-order valence-electron chi connectivity index (χ1n) is 5.37. The molecule has 0 radical (unpaired) electrons. The van der Waals surface area contributed by atoms with Crippen molar-refractivity contribution in [2.24, 2.45) is 29.1 Å².